The molecule has 0 saturated heterocycles. The smallest absolute Gasteiger partial charge is 0.326 e. The average molecular weight is 457 g/mol. The molecule has 0 bridgehead atoms. The predicted octanol–water partition coefficient (Wildman–Crippen LogP) is 6.98. The first-order valence-corrected chi connectivity index (χ1v) is 10.3. The van der Waals surface area contributed by atoms with Gasteiger partial charge in [-0.05, 0) is 68.7 Å². The molecule has 5 nitrogen and oxygen atoms in total. The lowest BCUT2D eigenvalue weighted by molar-refractivity contribution is 0.0967. The van der Waals surface area contributed by atoms with E-state index in [0.717, 1.165) is 16.7 Å². The molecule has 0 aromatic heterocycles. The largest absolute Gasteiger partial charge is 0.456 e. The number of amides is 3. The van der Waals surface area contributed by atoms with Crippen LogP contribution >= 0.6 is 23.2 Å². The molecule has 3 aromatic carbocycles. The number of imide groups is 1. The van der Waals surface area contributed by atoms with Gasteiger partial charge in [-0.15, -0.1) is 0 Å². The van der Waals surface area contributed by atoms with Crippen LogP contribution in [0.15, 0.2) is 48.5 Å². The van der Waals surface area contributed by atoms with Gasteiger partial charge in [-0.2, -0.15) is 0 Å². The number of halogens is 2. The number of hydrogen-bond acceptors (Lipinski definition) is 3. The van der Waals surface area contributed by atoms with Gasteiger partial charge in [-0.3, -0.25) is 10.1 Å². The van der Waals surface area contributed by atoms with Crippen LogP contribution in [0.4, 0.5) is 10.5 Å². The minimum Gasteiger partial charge on any atom is -0.456 e. The van der Waals surface area contributed by atoms with E-state index in [1.54, 1.807) is 31.2 Å². The van der Waals surface area contributed by atoms with Crippen molar-refractivity contribution in [3.05, 3.63) is 86.4 Å². The minimum absolute atomic E-state index is 0.211. The molecule has 2 N–H and O–H groups in total. The van der Waals surface area contributed by atoms with Crippen molar-refractivity contribution in [3.63, 3.8) is 0 Å². The summed E-state index contributed by atoms with van der Waals surface area (Å²) in [6.45, 7) is 7.58. The zero-order valence-corrected chi connectivity index (χ0v) is 19.1. The number of benzene rings is 3. The molecule has 0 aliphatic heterocycles. The second-order valence-electron chi connectivity index (χ2n) is 7.26. The first kappa shape index (κ1) is 22.7. The van der Waals surface area contributed by atoms with Gasteiger partial charge in [0.15, 0.2) is 0 Å². The Morgan fingerprint density at radius 2 is 1.58 bits per heavy atom. The summed E-state index contributed by atoms with van der Waals surface area (Å²) in [5, 5.41) is 5.61. The maximum Gasteiger partial charge on any atom is 0.326 e. The molecule has 0 fully saturated rings. The van der Waals surface area contributed by atoms with Crippen molar-refractivity contribution >= 4 is 40.8 Å². The van der Waals surface area contributed by atoms with Gasteiger partial charge in [0, 0.05) is 5.69 Å². The summed E-state index contributed by atoms with van der Waals surface area (Å²) in [5.74, 6) is 0.594. The first-order valence-electron chi connectivity index (χ1n) is 9.59. The molecule has 3 aromatic rings. The van der Waals surface area contributed by atoms with E-state index < -0.39 is 11.9 Å². The summed E-state index contributed by atoms with van der Waals surface area (Å²) in [6.07, 6.45) is 0. The van der Waals surface area contributed by atoms with E-state index in [1.165, 1.54) is 6.07 Å². The Bertz CT molecular complexity index is 1180. The SMILES string of the molecule is Cc1ccc(Oc2cc(C)c(NC(=O)NC(=O)c3ccccc3Cl)c(C)c2Cl)c(C)c1. The van der Waals surface area contributed by atoms with E-state index in [9.17, 15) is 9.59 Å². The van der Waals surface area contributed by atoms with Gasteiger partial charge in [0.25, 0.3) is 5.91 Å². The molecule has 0 heterocycles. The van der Waals surface area contributed by atoms with Crippen LogP contribution in [-0.4, -0.2) is 11.9 Å². The zero-order chi connectivity index (χ0) is 22.7. The molecule has 3 rings (SSSR count). The number of carbonyl (C=O) groups excluding carboxylic acids is 2. The van der Waals surface area contributed by atoms with Crippen LogP contribution in [0.2, 0.25) is 10.0 Å². The Morgan fingerprint density at radius 1 is 0.871 bits per heavy atom. The molecule has 0 aliphatic rings. The predicted molar refractivity (Wildman–Crippen MR) is 125 cm³/mol. The van der Waals surface area contributed by atoms with Crippen LogP contribution in [0.25, 0.3) is 0 Å². The third-order valence-corrected chi connectivity index (χ3v) is 5.60. The van der Waals surface area contributed by atoms with Gasteiger partial charge >= 0.3 is 6.03 Å². The molecule has 0 unspecified atom stereocenters. The maximum atomic E-state index is 12.4. The molecule has 7 heteroatoms. The van der Waals surface area contributed by atoms with Gasteiger partial charge in [0.2, 0.25) is 0 Å². The fourth-order valence-corrected chi connectivity index (χ4v) is 3.59. The summed E-state index contributed by atoms with van der Waals surface area (Å²) in [7, 11) is 0. The second-order valence-corrected chi connectivity index (χ2v) is 8.05. The van der Waals surface area contributed by atoms with Crippen molar-refractivity contribution < 1.29 is 14.3 Å². The van der Waals surface area contributed by atoms with Crippen molar-refractivity contribution in [2.24, 2.45) is 0 Å². The number of urea groups is 1. The Balaban J connectivity index is 1.79. The Labute approximate surface area is 191 Å². The van der Waals surface area contributed by atoms with Crippen molar-refractivity contribution in [3.8, 4) is 11.5 Å². The fraction of sp³-hybridized carbons (Fsp3) is 0.167. The van der Waals surface area contributed by atoms with Crippen LogP contribution in [0, 0.1) is 27.7 Å². The number of aryl methyl sites for hydroxylation is 3. The van der Waals surface area contributed by atoms with Crippen LogP contribution in [0.1, 0.15) is 32.6 Å². The monoisotopic (exact) mass is 456 g/mol. The average Bonchev–Trinajstić information content (AvgIpc) is 2.71. The van der Waals surface area contributed by atoms with E-state index >= 15 is 0 Å². The van der Waals surface area contributed by atoms with Gasteiger partial charge in [0.1, 0.15) is 11.5 Å². The molecule has 0 radical (unpaired) electrons. The van der Waals surface area contributed by atoms with Crippen molar-refractivity contribution in [2.45, 2.75) is 27.7 Å². The lowest BCUT2D eigenvalue weighted by Crippen LogP contribution is -2.34. The molecule has 0 spiro atoms. The standard InChI is InChI=1S/C24H22Cl2N2O3/c1-13-9-10-19(14(2)11-13)31-20-12-15(3)22(16(4)21(20)26)27-24(30)28-23(29)17-7-5-6-8-18(17)25/h5-12H,1-4H3,(H2,27,28,29,30). The van der Waals surface area contributed by atoms with Crippen molar-refractivity contribution in [2.75, 3.05) is 5.32 Å². The number of rotatable bonds is 4. The number of nitrogens with one attached hydrogen (secondary N) is 2. The van der Waals surface area contributed by atoms with Crippen molar-refractivity contribution in [1.29, 1.82) is 0 Å². The quantitative estimate of drug-likeness (QED) is 0.444. The first-order chi connectivity index (χ1) is 14.7. The molecule has 0 aliphatic carbocycles. The summed E-state index contributed by atoms with van der Waals surface area (Å²) >= 11 is 12.5. The highest BCUT2D eigenvalue weighted by atomic mass is 35.5. The third-order valence-electron chi connectivity index (χ3n) is 4.80. The second kappa shape index (κ2) is 9.41. The normalized spacial score (nSPS) is 10.5. The number of carbonyl (C=O) groups is 2. The lowest BCUT2D eigenvalue weighted by atomic mass is 10.1. The van der Waals surface area contributed by atoms with E-state index in [4.69, 9.17) is 27.9 Å². The highest BCUT2D eigenvalue weighted by Gasteiger charge is 2.18. The Morgan fingerprint density at radius 3 is 2.26 bits per heavy atom. The van der Waals surface area contributed by atoms with E-state index in [2.05, 4.69) is 10.6 Å². The number of ether oxygens (including phenoxy) is 1. The molecule has 0 atom stereocenters. The Hall–Kier alpha value is -3.02. The molecule has 0 saturated carbocycles. The number of hydrogen-bond donors (Lipinski definition) is 2. The highest BCUT2D eigenvalue weighted by molar-refractivity contribution is 6.34. The molecule has 3 amide bonds. The van der Waals surface area contributed by atoms with E-state index in [1.807, 2.05) is 39.0 Å². The van der Waals surface area contributed by atoms with Crippen LogP contribution in [-0.2, 0) is 0 Å². The topological polar surface area (TPSA) is 67.4 Å². The highest BCUT2D eigenvalue weighted by Crippen LogP contribution is 2.39. The van der Waals surface area contributed by atoms with Gasteiger partial charge in [-0.25, -0.2) is 4.79 Å². The van der Waals surface area contributed by atoms with Gasteiger partial charge in [0.05, 0.1) is 15.6 Å². The number of anilines is 1. The Kier molecular flexibility index (Phi) is 6.88. The molecule has 31 heavy (non-hydrogen) atoms. The van der Waals surface area contributed by atoms with Gasteiger partial charge in [-0.1, -0.05) is 53.0 Å². The van der Waals surface area contributed by atoms with E-state index in [-0.39, 0.29) is 10.6 Å². The minimum atomic E-state index is -0.685. The third kappa shape index (κ3) is 5.19. The summed E-state index contributed by atoms with van der Waals surface area (Å²) in [4.78, 5) is 24.7. The molecule has 160 valence electrons. The van der Waals surface area contributed by atoms with Crippen LogP contribution in [0.5, 0.6) is 11.5 Å². The maximum absolute atomic E-state index is 12.4. The molecular weight excluding hydrogens is 435 g/mol. The fourth-order valence-electron chi connectivity index (χ4n) is 3.18. The summed E-state index contributed by atoms with van der Waals surface area (Å²) in [6, 6.07) is 13.4. The summed E-state index contributed by atoms with van der Waals surface area (Å²) in [5.41, 5.74) is 4.21. The van der Waals surface area contributed by atoms with Crippen LogP contribution < -0.4 is 15.4 Å². The van der Waals surface area contributed by atoms with Crippen LogP contribution in [0.3, 0.4) is 0 Å². The lowest BCUT2D eigenvalue weighted by Gasteiger charge is -2.17. The molecular formula is C24H22Cl2N2O3. The van der Waals surface area contributed by atoms with Crippen molar-refractivity contribution in [1.82, 2.24) is 5.32 Å². The zero-order valence-electron chi connectivity index (χ0n) is 17.6. The summed E-state index contributed by atoms with van der Waals surface area (Å²) < 4.78 is 6.02. The van der Waals surface area contributed by atoms with E-state index in [0.29, 0.717) is 27.8 Å². The van der Waals surface area contributed by atoms with Gasteiger partial charge < -0.3 is 10.1 Å².